The van der Waals surface area contributed by atoms with Crippen LogP contribution in [0.4, 0.5) is 17.6 Å². The summed E-state index contributed by atoms with van der Waals surface area (Å²) in [5.74, 6) is -1.24. The summed E-state index contributed by atoms with van der Waals surface area (Å²) >= 11 is 0. The monoisotopic (exact) mass is 502 g/mol. The second-order valence-corrected chi connectivity index (χ2v) is 10.3. The van der Waals surface area contributed by atoms with E-state index in [2.05, 4.69) is 4.98 Å². The summed E-state index contributed by atoms with van der Waals surface area (Å²) in [5, 5.41) is 16.3. The Balaban J connectivity index is 1.62. The zero-order valence-electron chi connectivity index (χ0n) is 17.9. The molecule has 35 heavy (non-hydrogen) atoms. The Hall–Kier alpha value is -3.44. The minimum absolute atomic E-state index is 0.0483. The fourth-order valence-electron chi connectivity index (χ4n) is 4.84. The van der Waals surface area contributed by atoms with Gasteiger partial charge in [-0.25, -0.2) is 12.8 Å². The molecule has 2 aromatic carbocycles. The summed E-state index contributed by atoms with van der Waals surface area (Å²) in [4.78, 5) is 2.90. The highest BCUT2D eigenvalue weighted by atomic mass is 32.2. The van der Waals surface area contributed by atoms with Crippen molar-refractivity contribution in [3.8, 4) is 11.1 Å². The van der Waals surface area contributed by atoms with Crippen molar-refractivity contribution in [3.05, 3.63) is 83.4 Å². The smallest absolute Gasteiger partial charge is 0.312 e. The number of aromatic nitrogens is 1. The van der Waals surface area contributed by atoms with E-state index in [4.69, 9.17) is 10.8 Å². The van der Waals surface area contributed by atoms with Crippen molar-refractivity contribution in [2.75, 3.05) is 0 Å². The fraction of sp³-hybridized carbons (Fsp3) is 0.208. The molecule has 3 unspecified atom stereocenters. The minimum atomic E-state index is -4.71. The first-order valence-corrected chi connectivity index (χ1v) is 12.0. The first-order valence-electron chi connectivity index (χ1n) is 10.6. The van der Waals surface area contributed by atoms with Crippen LogP contribution in [0.2, 0.25) is 0 Å². The largest absolute Gasteiger partial charge is 0.433 e. The van der Waals surface area contributed by atoms with E-state index in [0.717, 1.165) is 12.3 Å². The van der Waals surface area contributed by atoms with Gasteiger partial charge in [-0.3, -0.25) is 4.98 Å². The van der Waals surface area contributed by atoms with Crippen LogP contribution in [0.1, 0.15) is 35.3 Å². The van der Waals surface area contributed by atoms with Gasteiger partial charge in [-0.2, -0.15) is 17.5 Å². The van der Waals surface area contributed by atoms with Gasteiger partial charge < -0.3 is 10.8 Å². The number of pyridine rings is 1. The molecule has 0 aliphatic carbocycles. The number of hydrogen-bond acceptors (Lipinski definition) is 5. The summed E-state index contributed by atoms with van der Waals surface area (Å²) in [5.41, 5.74) is 1.68. The van der Waals surface area contributed by atoms with Crippen LogP contribution in [0.5, 0.6) is 0 Å². The zero-order valence-corrected chi connectivity index (χ0v) is 18.7. The van der Waals surface area contributed by atoms with Gasteiger partial charge in [-0.1, -0.05) is 24.3 Å². The summed E-state index contributed by atoms with van der Waals surface area (Å²) in [7, 11) is -4.32. The lowest BCUT2D eigenvalue weighted by molar-refractivity contribution is -0.141. The number of nitrogens with one attached hydrogen (secondary N) is 2. The molecule has 1 saturated heterocycles. The van der Waals surface area contributed by atoms with Crippen LogP contribution >= 0.6 is 0 Å². The maximum atomic E-state index is 13.7. The number of alkyl halides is 3. The molecule has 2 aliphatic rings. The van der Waals surface area contributed by atoms with Gasteiger partial charge in [0.15, 0.2) is 0 Å². The number of nitrogens with zero attached hydrogens (tertiary/aromatic N) is 2. The molecule has 3 heterocycles. The third-order valence-corrected chi connectivity index (χ3v) is 8.33. The first kappa shape index (κ1) is 23.3. The summed E-state index contributed by atoms with van der Waals surface area (Å²) in [6.45, 7) is 0. The van der Waals surface area contributed by atoms with Crippen LogP contribution in [0.25, 0.3) is 11.1 Å². The molecule has 6 nitrogen and oxygen atoms in total. The minimum Gasteiger partial charge on any atom is -0.312 e. The highest BCUT2D eigenvalue weighted by Crippen LogP contribution is 2.54. The SMILES string of the molecule is N=CC1C(=N)CC2c3ccc(-c4ccc(F)cc4)cc3C1N2S(=O)(=O)c1ccc(C(F)(F)F)nc1. The Labute approximate surface area is 198 Å². The van der Waals surface area contributed by atoms with Gasteiger partial charge in [0.1, 0.15) is 16.4 Å². The average Bonchev–Trinajstić information content (AvgIpc) is 3.07. The lowest BCUT2D eigenvalue weighted by Gasteiger charge is -2.38. The number of halogens is 4. The van der Waals surface area contributed by atoms with Gasteiger partial charge in [-0.15, -0.1) is 0 Å². The molecule has 180 valence electrons. The van der Waals surface area contributed by atoms with Crippen LogP contribution in [0.3, 0.4) is 0 Å². The molecular weight excluding hydrogens is 484 g/mol. The highest BCUT2D eigenvalue weighted by molar-refractivity contribution is 7.89. The molecule has 5 rings (SSSR count). The predicted octanol–water partition coefficient (Wildman–Crippen LogP) is 5.38. The van der Waals surface area contributed by atoms with Gasteiger partial charge in [0, 0.05) is 24.5 Å². The predicted molar refractivity (Wildman–Crippen MR) is 120 cm³/mol. The van der Waals surface area contributed by atoms with Crippen molar-refractivity contribution in [3.63, 3.8) is 0 Å². The van der Waals surface area contributed by atoms with Crippen molar-refractivity contribution in [1.82, 2.24) is 9.29 Å². The quantitative estimate of drug-likeness (QED) is 0.370. The number of fused-ring (bicyclic) bond motifs is 5. The zero-order chi connectivity index (χ0) is 25.1. The van der Waals surface area contributed by atoms with Crippen molar-refractivity contribution in [1.29, 1.82) is 10.8 Å². The topological polar surface area (TPSA) is 98.0 Å². The standard InChI is InChI=1S/C24H18F4N4O2S/c25-15-4-1-13(2-5-15)14-3-7-17-18(9-14)23-19(11-29)20(30)10-21(17)32(23)35(33,34)16-6-8-22(31-12-16)24(26,27)28/h1-9,11-12,19,21,23,29-30H,10H2. The van der Waals surface area contributed by atoms with Gasteiger partial charge in [-0.05, 0) is 52.6 Å². The molecule has 2 bridgehead atoms. The number of sulfonamides is 1. The molecule has 2 N–H and O–H groups in total. The second-order valence-electron chi connectivity index (χ2n) is 8.44. The molecule has 0 radical (unpaired) electrons. The number of hydrogen-bond donors (Lipinski definition) is 2. The van der Waals surface area contributed by atoms with Crippen molar-refractivity contribution >= 4 is 21.9 Å². The Morgan fingerprint density at radius 2 is 1.69 bits per heavy atom. The van der Waals surface area contributed by atoms with Crippen molar-refractivity contribution in [2.24, 2.45) is 5.92 Å². The van der Waals surface area contributed by atoms with E-state index >= 15 is 0 Å². The Morgan fingerprint density at radius 3 is 2.29 bits per heavy atom. The Morgan fingerprint density at radius 1 is 1.00 bits per heavy atom. The van der Waals surface area contributed by atoms with Crippen molar-refractivity contribution < 1.29 is 26.0 Å². The molecule has 0 amide bonds. The Kier molecular flexibility index (Phi) is 5.37. The maximum Gasteiger partial charge on any atom is 0.433 e. The average molecular weight is 502 g/mol. The van der Waals surface area contributed by atoms with Crippen LogP contribution in [0, 0.1) is 22.6 Å². The summed E-state index contributed by atoms with van der Waals surface area (Å²) < 4.78 is 80.7. The van der Waals surface area contributed by atoms with E-state index in [1.807, 2.05) is 0 Å². The summed E-state index contributed by atoms with van der Waals surface area (Å²) in [6.07, 6.45) is -2.95. The Bertz CT molecular complexity index is 1440. The molecule has 11 heteroatoms. The number of piperidine rings is 1. The fourth-order valence-corrected chi connectivity index (χ4v) is 6.58. The van der Waals surface area contributed by atoms with Gasteiger partial charge in [0.2, 0.25) is 10.0 Å². The normalized spacial score (nSPS) is 22.2. The molecule has 1 aromatic heterocycles. The van der Waals surface area contributed by atoms with E-state index in [-0.39, 0.29) is 12.1 Å². The molecule has 0 spiro atoms. The van der Waals surface area contributed by atoms with Crippen LogP contribution in [0.15, 0.2) is 65.7 Å². The lowest BCUT2D eigenvalue weighted by atomic mass is 9.88. The van der Waals surface area contributed by atoms with E-state index < -0.39 is 50.6 Å². The maximum absolute atomic E-state index is 13.7. The lowest BCUT2D eigenvalue weighted by Crippen LogP contribution is -2.44. The number of rotatable bonds is 4. The molecule has 1 fully saturated rings. The van der Waals surface area contributed by atoms with Gasteiger partial charge >= 0.3 is 6.18 Å². The third kappa shape index (κ3) is 3.75. The molecule has 0 saturated carbocycles. The number of benzene rings is 2. The van der Waals surface area contributed by atoms with E-state index in [9.17, 15) is 26.0 Å². The van der Waals surface area contributed by atoms with E-state index in [1.54, 1.807) is 30.3 Å². The molecule has 3 atom stereocenters. The van der Waals surface area contributed by atoms with Gasteiger partial charge in [0.25, 0.3) is 0 Å². The first-order chi connectivity index (χ1) is 16.5. The van der Waals surface area contributed by atoms with E-state index in [1.165, 1.54) is 16.4 Å². The molecular formula is C24H18F4N4O2S. The summed E-state index contributed by atoms with van der Waals surface area (Å²) in [6, 6.07) is 11.0. The molecule has 2 aliphatic heterocycles. The van der Waals surface area contributed by atoms with Gasteiger partial charge in [0.05, 0.1) is 18.0 Å². The van der Waals surface area contributed by atoms with Crippen LogP contribution in [-0.2, 0) is 16.2 Å². The van der Waals surface area contributed by atoms with Crippen LogP contribution < -0.4 is 0 Å². The second kappa shape index (κ2) is 8.06. The van der Waals surface area contributed by atoms with Crippen molar-refractivity contribution in [2.45, 2.75) is 29.6 Å². The van der Waals surface area contributed by atoms with E-state index in [0.29, 0.717) is 34.5 Å². The highest BCUT2D eigenvalue weighted by Gasteiger charge is 2.53. The molecule has 3 aromatic rings. The van der Waals surface area contributed by atoms with Crippen LogP contribution in [-0.4, -0.2) is 29.6 Å². The third-order valence-electron chi connectivity index (χ3n) is 6.46.